The molecule has 0 saturated carbocycles. The number of non-ortho nitro benzene ring substituents is 1. The number of nitrogens with zero attached hydrogens (tertiary/aromatic N) is 1. The minimum Gasteiger partial charge on any atom is -0.452 e. The van der Waals surface area contributed by atoms with Gasteiger partial charge in [0.2, 0.25) is 0 Å². The van der Waals surface area contributed by atoms with Gasteiger partial charge in [-0.25, -0.2) is 4.79 Å². The summed E-state index contributed by atoms with van der Waals surface area (Å²) in [5.74, 6) is -0.894. The zero-order valence-corrected chi connectivity index (χ0v) is 13.7. The van der Waals surface area contributed by atoms with E-state index in [9.17, 15) is 19.7 Å². The lowest BCUT2D eigenvalue weighted by Crippen LogP contribution is -2.20. The van der Waals surface area contributed by atoms with E-state index in [-0.39, 0.29) is 11.4 Å². The average Bonchev–Trinajstić information content (AvgIpc) is 2.96. The molecule has 0 bridgehead atoms. The summed E-state index contributed by atoms with van der Waals surface area (Å²) in [5.41, 5.74) is 0.0820. The van der Waals surface area contributed by atoms with Crippen molar-refractivity contribution in [2.24, 2.45) is 0 Å². The second-order valence-electron chi connectivity index (χ2n) is 4.44. The Bertz CT molecular complexity index is 799. The molecular weight excluding hydrogens is 384 g/mol. The molecule has 0 spiro atoms. The Morgan fingerprint density at radius 1 is 1.33 bits per heavy atom. The first kappa shape index (κ1) is 17.4. The number of amides is 1. The highest BCUT2D eigenvalue weighted by molar-refractivity contribution is 9.10. The molecule has 0 fully saturated rings. The van der Waals surface area contributed by atoms with Crippen LogP contribution in [0.15, 0.2) is 51.6 Å². The van der Waals surface area contributed by atoms with Crippen molar-refractivity contribution in [3.05, 3.63) is 63.0 Å². The Balaban J connectivity index is 1.82. The average molecular weight is 395 g/mol. The van der Waals surface area contributed by atoms with Gasteiger partial charge in [0.15, 0.2) is 11.3 Å². The first-order chi connectivity index (χ1) is 11.4. The molecule has 2 aromatic rings. The fraction of sp³-hybridized carbons (Fsp3) is 0.0667. The molecule has 1 N–H and O–H groups in total. The summed E-state index contributed by atoms with van der Waals surface area (Å²) in [6, 6.07) is 8.73. The highest BCUT2D eigenvalue weighted by Gasteiger charge is 2.09. The molecule has 8 nitrogen and oxygen atoms in total. The highest BCUT2D eigenvalue weighted by Crippen LogP contribution is 2.17. The van der Waals surface area contributed by atoms with E-state index in [2.05, 4.69) is 21.2 Å². The summed E-state index contributed by atoms with van der Waals surface area (Å²) in [6.07, 6.45) is 2.51. The Labute approximate surface area is 144 Å². The lowest BCUT2D eigenvalue weighted by molar-refractivity contribution is -0.384. The maximum absolute atomic E-state index is 11.7. The van der Waals surface area contributed by atoms with Crippen LogP contribution in [0.3, 0.4) is 0 Å². The van der Waals surface area contributed by atoms with Crippen LogP contribution in [0.2, 0.25) is 0 Å². The van der Waals surface area contributed by atoms with E-state index in [1.54, 1.807) is 12.1 Å². The molecule has 0 unspecified atom stereocenters. The number of hydrogen-bond acceptors (Lipinski definition) is 6. The Morgan fingerprint density at radius 2 is 2.12 bits per heavy atom. The predicted molar refractivity (Wildman–Crippen MR) is 88.1 cm³/mol. The van der Waals surface area contributed by atoms with Crippen LogP contribution < -0.4 is 5.32 Å². The lowest BCUT2D eigenvalue weighted by Gasteiger charge is -2.05. The maximum Gasteiger partial charge on any atom is 0.331 e. The number of halogens is 1. The first-order valence-corrected chi connectivity index (χ1v) is 7.38. The molecule has 1 aromatic heterocycles. The van der Waals surface area contributed by atoms with Crippen LogP contribution in [0.1, 0.15) is 5.76 Å². The summed E-state index contributed by atoms with van der Waals surface area (Å²) in [5, 5.41) is 13.0. The van der Waals surface area contributed by atoms with E-state index in [1.807, 2.05) is 0 Å². The fourth-order valence-corrected chi connectivity index (χ4v) is 1.97. The van der Waals surface area contributed by atoms with Crippen LogP contribution in [0.25, 0.3) is 6.08 Å². The number of furan rings is 1. The molecule has 0 radical (unpaired) electrons. The smallest absolute Gasteiger partial charge is 0.331 e. The third-order valence-electron chi connectivity index (χ3n) is 2.66. The van der Waals surface area contributed by atoms with Gasteiger partial charge in [-0.1, -0.05) is 6.07 Å². The largest absolute Gasteiger partial charge is 0.452 e. The minimum absolute atomic E-state index is 0.155. The number of benzene rings is 1. The quantitative estimate of drug-likeness (QED) is 0.348. The van der Waals surface area contributed by atoms with Crippen LogP contribution in [0.5, 0.6) is 0 Å². The predicted octanol–water partition coefficient (Wildman–Crippen LogP) is 3.15. The molecule has 2 rings (SSSR count). The molecule has 0 aliphatic carbocycles. The molecule has 124 valence electrons. The Hall–Kier alpha value is -2.94. The number of ether oxygens (including phenoxy) is 1. The molecule has 0 aliphatic heterocycles. The third-order valence-corrected chi connectivity index (χ3v) is 3.09. The molecule has 1 heterocycles. The monoisotopic (exact) mass is 394 g/mol. The van der Waals surface area contributed by atoms with Crippen molar-refractivity contribution in [3.63, 3.8) is 0 Å². The van der Waals surface area contributed by atoms with E-state index in [1.165, 1.54) is 30.3 Å². The maximum atomic E-state index is 11.7. The van der Waals surface area contributed by atoms with Crippen LogP contribution in [0, 0.1) is 10.1 Å². The zero-order chi connectivity index (χ0) is 17.5. The van der Waals surface area contributed by atoms with Gasteiger partial charge in [-0.3, -0.25) is 14.9 Å². The van der Waals surface area contributed by atoms with Crippen LogP contribution in [-0.4, -0.2) is 23.4 Å². The second-order valence-corrected chi connectivity index (χ2v) is 5.22. The number of nitrogens with one attached hydrogen (secondary N) is 1. The van der Waals surface area contributed by atoms with Crippen molar-refractivity contribution >= 4 is 45.3 Å². The summed E-state index contributed by atoms with van der Waals surface area (Å²) < 4.78 is 10.4. The molecule has 0 saturated heterocycles. The number of nitro benzene ring substituents is 1. The van der Waals surface area contributed by atoms with Gasteiger partial charge < -0.3 is 14.5 Å². The van der Waals surface area contributed by atoms with E-state index < -0.39 is 23.4 Å². The van der Waals surface area contributed by atoms with Gasteiger partial charge >= 0.3 is 5.97 Å². The zero-order valence-electron chi connectivity index (χ0n) is 12.1. The number of nitro groups is 1. The van der Waals surface area contributed by atoms with Gasteiger partial charge in [0.25, 0.3) is 11.6 Å². The summed E-state index contributed by atoms with van der Waals surface area (Å²) >= 11 is 3.12. The number of anilines is 1. The van der Waals surface area contributed by atoms with Gasteiger partial charge in [0.1, 0.15) is 5.76 Å². The summed E-state index contributed by atoms with van der Waals surface area (Å²) in [7, 11) is 0. The van der Waals surface area contributed by atoms with Gasteiger partial charge in [-0.05, 0) is 40.2 Å². The normalized spacial score (nSPS) is 10.5. The standard InChI is InChI=1S/C15H11BrN2O6/c16-13-6-4-12(24-13)5-7-15(20)23-9-14(19)17-10-2-1-3-11(8-10)18(21)22/h1-8H,9H2,(H,17,19)/b7-5+. The summed E-state index contributed by atoms with van der Waals surface area (Å²) in [6.45, 7) is -0.520. The first-order valence-electron chi connectivity index (χ1n) is 6.58. The summed E-state index contributed by atoms with van der Waals surface area (Å²) in [4.78, 5) is 33.2. The minimum atomic E-state index is -0.725. The van der Waals surface area contributed by atoms with Crippen molar-refractivity contribution in [2.75, 3.05) is 11.9 Å². The molecule has 0 aliphatic rings. The molecule has 1 aromatic carbocycles. The number of hydrogen-bond donors (Lipinski definition) is 1. The van der Waals surface area contributed by atoms with Crippen molar-refractivity contribution in [3.8, 4) is 0 Å². The van der Waals surface area contributed by atoms with Crippen molar-refractivity contribution in [1.29, 1.82) is 0 Å². The van der Waals surface area contributed by atoms with Gasteiger partial charge in [0.05, 0.1) is 4.92 Å². The van der Waals surface area contributed by atoms with Crippen LogP contribution in [-0.2, 0) is 14.3 Å². The van der Waals surface area contributed by atoms with Crippen molar-refractivity contribution in [1.82, 2.24) is 0 Å². The number of rotatable bonds is 6. The Kier molecular flexibility index (Phi) is 5.85. The van der Waals surface area contributed by atoms with E-state index in [0.29, 0.717) is 10.4 Å². The van der Waals surface area contributed by atoms with Gasteiger partial charge in [-0.15, -0.1) is 0 Å². The molecule has 9 heteroatoms. The SMILES string of the molecule is O=C(COC(=O)/C=C/c1ccc(Br)o1)Nc1cccc([N+](=O)[O-])c1. The van der Waals surface area contributed by atoms with E-state index in [4.69, 9.17) is 9.15 Å². The number of esters is 1. The topological polar surface area (TPSA) is 112 Å². The second kappa shape index (κ2) is 8.06. The van der Waals surface area contributed by atoms with Crippen LogP contribution in [0.4, 0.5) is 11.4 Å². The van der Waals surface area contributed by atoms with Gasteiger partial charge in [0, 0.05) is 23.9 Å². The molecular formula is C15H11BrN2O6. The molecule has 24 heavy (non-hydrogen) atoms. The fourth-order valence-electron chi connectivity index (χ4n) is 1.65. The third kappa shape index (κ3) is 5.36. The van der Waals surface area contributed by atoms with Gasteiger partial charge in [-0.2, -0.15) is 0 Å². The van der Waals surface area contributed by atoms with E-state index in [0.717, 1.165) is 6.08 Å². The lowest BCUT2D eigenvalue weighted by atomic mass is 10.3. The number of carbonyl (C=O) groups excluding carboxylic acids is 2. The van der Waals surface area contributed by atoms with E-state index >= 15 is 0 Å². The van der Waals surface area contributed by atoms with Crippen molar-refractivity contribution in [2.45, 2.75) is 0 Å². The number of carbonyl (C=O) groups is 2. The molecule has 1 amide bonds. The molecule has 0 atom stereocenters. The Morgan fingerprint density at radius 3 is 2.79 bits per heavy atom. The van der Waals surface area contributed by atoms with Crippen molar-refractivity contribution < 1.29 is 23.7 Å². The van der Waals surface area contributed by atoms with Crippen LogP contribution >= 0.6 is 15.9 Å². The highest BCUT2D eigenvalue weighted by atomic mass is 79.9.